The second-order valence-electron chi connectivity index (χ2n) is 8.31. The maximum absolute atomic E-state index is 12.5. The number of benzene rings is 1. The van der Waals surface area contributed by atoms with E-state index < -0.39 is 36.2 Å². The predicted octanol–water partition coefficient (Wildman–Crippen LogP) is 3.91. The molecule has 1 heterocycles. The number of nitrogens with one attached hydrogen (secondary N) is 1. The number of carbonyl (C=O) groups is 2. The zero-order chi connectivity index (χ0) is 22.5. The zero-order valence-corrected chi connectivity index (χ0v) is 18.6. The number of rotatable bonds is 14. The van der Waals surface area contributed by atoms with E-state index >= 15 is 0 Å². The molecule has 1 fully saturated rings. The highest BCUT2D eigenvalue weighted by Gasteiger charge is 2.57. The Hall–Kier alpha value is -2.18. The van der Waals surface area contributed by atoms with Crippen molar-refractivity contribution >= 4 is 11.9 Å². The van der Waals surface area contributed by atoms with Gasteiger partial charge in [-0.05, 0) is 25.0 Å². The summed E-state index contributed by atoms with van der Waals surface area (Å²) >= 11 is 0. The molecule has 0 aromatic heterocycles. The van der Waals surface area contributed by atoms with E-state index in [1.54, 1.807) is 30.3 Å². The van der Waals surface area contributed by atoms with E-state index in [0.717, 1.165) is 12.8 Å². The minimum Gasteiger partial charge on any atom is -0.457 e. The van der Waals surface area contributed by atoms with Gasteiger partial charge in [-0.2, -0.15) is 0 Å². The summed E-state index contributed by atoms with van der Waals surface area (Å²) in [6.45, 7) is 1.49. The van der Waals surface area contributed by atoms with Gasteiger partial charge in [-0.25, -0.2) is 4.79 Å². The number of carbonyl (C=O) groups excluding carboxylic acids is 2. The highest BCUT2D eigenvalue weighted by molar-refractivity contribution is 5.99. The molecule has 0 saturated carbocycles. The van der Waals surface area contributed by atoms with E-state index in [4.69, 9.17) is 4.74 Å². The van der Waals surface area contributed by atoms with Gasteiger partial charge >= 0.3 is 5.97 Å². The first-order valence-corrected chi connectivity index (χ1v) is 11.6. The van der Waals surface area contributed by atoms with Crippen molar-refractivity contribution in [3.8, 4) is 0 Å². The van der Waals surface area contributed by atoms with Crippen LogP contribution in [0.2, 0.25) is 0 Å². The summed E-state index contributed by atoms with van der Waals surface area (Å²) in [7, 11) is 0. The van der Waals surface area contributed by atoms with Gasteiger partial charge in [0.2, 0.25) is 0 Å². The van der Waals surface area contributed by atoms with Crippen LogP contribution in [0.1, 0.15) is 81.5 Å². The van der Waals surface area contributed by atoms with Crippen LogP contribution in [-0.2, 0) is 9.53 Å². The quantitative estimate of drug-likeness (QED) is 0.236. The summed E-state index contributed by atoms with van der Waals surface area (Å²) in [6.07, 6.45) is 13.2. The van der Waals surface area contributed by atoms with E-state index in [1.807, 2.05) is 12.2 Å². The molecule has 0 aliphatic carbocycles. The molecule has 1 saturated heterocycles. The van der Waals surface area contributed by atoms with Gasteiger partial charge in [-0.15, -0.1) is 0 Å². The first-order chi connectivity index (χ1) is 15.0. The molecule has 0 bridgehead atoms. The topological polar surface area (TPSA) is 95.9 Å². The van der Waals surface area contributed by atoms with Gasteiger partial charge in [0.1, 0.15) is 12.2 Å². The molecule has 0 spiro atoms. The second-order valence-corrected chi connectivity index (χ2v) is 8.31. The number of hydrogen-bond acceptors (Lipinski definition) is 5. The molecule has 3 atom stereocenters. The third kappa shape index (κ3) is 7.18. The molecule has 3 N–H and O–H groups in total. The summed E-state index contributed by atoms with van der Waals surface area (Å²) in [5.74, 6) is -1.36. The lowest BCUT2D eigenvalue weighted by Crippen LogP contribution is -2.62. The number of hydrogen-bond donors (Lipinski definition) is 3. The van der Waals surface area contributed by atoms with Crippen molar-refractivity contribution < 1.29 is 24.5 Å². The Bertz CT molecular complexity index is 705. The summed E-state index contributed by atoms with van der Waals surface area (Å²) in [6, 6.07) is 8.36. The van der Waals surface area contributed by atoms with Crippen LogP contribution in [0.5, 0.6) is 0 Å². The van der Waals surface area contributed by atoms with Crippen LogP contribution in [0.25, 0.3) is 0 Å². The molecule has 1 aromatic rings. The Kier molecular flexibility index (Phi) is 10.7. The highest BCUT2D eigenvalue weighted by atomic mass is 16.6. The lowest BCUT2D eigenvalue weighted by molar-refractivity contribution is -0.147. The molecule has 1 amide bonds. The number of unbranched alkanes of at least 4 members (excludes halogenated alkanes) is 8. The standard InChI is InChI=1S/C25H37NO5/c1-2-3-4-5-6-7-8-9-10-11-15-18-21-22(28)25(19-27,24(30)31-21)26-23(29)20-16-13-12-14-17-20/h11-17,21-22,27-28H,2-10,18-19H2,1H3,(H,26,29)/b15-11+/t21-,22+,25+/m1/s1. The maximum atomic E-state index is 12.5. The monoisotopic (exact) mass is 431 g/mol. The number of esters is 1. The molecule has 6 heteroatoms. The fraction of sp³-hybridized carbons (Fsp3) is 0.600. The van der Waals surface area contributed by atoms with Crippen molar-refractivity contribution in [2.45, 2.75) is 88.9 Å². The first kappa shape index (κ1) is 25.1. The van der Waals surface area contributed by atoms with Crippen LogP contribution in [-0.4, -0.2) is 46.4 Å². The zero-order valence-electron chi connectivity index (χ0n) is 18.6. The lowest BCUT2D eigenvalue weighted by Gasteiger charge is -2.28. The van der Waals surface area contributed by atoms with Crippen molar-refractivity contribution in [3.05, 3.63) is 48.0 Å². The van der Waals surface area contributed by atoms with Crippen molar-refractivity contribution in [3.63, 3.8) is 0 Å². The van der Waals surface area contributed by atoms with Crippen molar-refractivity contribution in [1.29, 1.82) is 0 Å². The van der Waals surface area contributed by atoms with E-state index in [0.29, 0.717) is 12.0 Å². The number of ether oxygens (including phenoxy) is 1. The molecule has 0 unspecified atom stereocenters. The molecular weight excluding hydrogens is 394 g/mol. The molecule has 1 aliphatic rings. The highest BCUT2D eigenvalue weighted by Crippen LogP contribution is 2.29. The largest absolute Gasteiger partial charge is 0.457 e. The second kappa shape index (κ2) is 13.3. The summed E-state index contributed by atoms with van der Waals surface area (Å²) in [4.78, 5) is 24.9. The number of aliphatic hydroxyl groups is 2. The summed E-state index contributed by atoms with van der Waals surface area (Å²) < 4.78 is 5.29. The van der Waals surface area contributed by atoms with Gasteiger partial charge in [-0.3, -0.25) is 4.79 Å². The van der Waals surface area contributed by atoms with Crippen LogP contribution >= 0.6 is 0 Å². The number of aliphatic hydroxyl groups excluding tert-OH is 2. The van der Waals surface area contributed by atoms with E-state index in [-0.39, 0.29) is 0 Å². The van der Waals surface area contributed by atoms with Crippen LogP contribution in [0.15, 0.2) is 42.5 Å². The molecule has 2 rings (SSSR count). The molecule has 172 valence electrons. The molecule has 1 aromatic carbocycles. The Labute approximate surface area is 185 Å². The van der Waals surface area contributed by atoms with Crippen LogP contribution < -0.4 is 5.32 Å². The summed E-state index contributed by atoms with van der Waals surface area (Å²) in [5.41, 5.74) is -1.51. The number of amides is 1. The molecule has 6 nitrogen and oxygen atoms in total. The average Bonchev–Trinajstić information content (AvgIpc) is 3.02. The van der Waals surface area contributed by atoms with Crippen molar-refractivity contribution in [2.75, 3.05) is 6.61 Å². The smallest absolute Gasteiger partial charge is 0.337 e. The normalized spacial score (nSPS) is 23.3. The SMILES string of the molecule is CCCCCCCCCC/C=C/C[C@H]1OC(=O)[C@@](CO)(NC(=O)c2ccccc2)[C@H]1O. The van der Waals surface area contributed by atoms with Crippen LogP contribution in [0.3, 0.4) is 0 Å². The average molecular weight is 432 g/mol. The van der Waals surface area contributed by atoms with Gasteiger partial charge in [0.15, 0.2) is 5.54 Å². The number of allylic oxidation sites excluding steroid dienone is 1. The minimum atomic E-state index is -1.84. The van der Waals surface area contributed by atoms with Crippen LogP contribution in [0, 0.1) is 0 Å². The fourth-order valence-corrected chi connectivity index (χ4v) is 3.85. The summed E-state index contributed by atoms with van der Waals surface area (Å²) in [5, 5.41) is 23.0. The van der Waals surface area contributed by atoms with E-state index in [9.17, 15) is 19.8 Å². The third-order valence-corrected chi connectivity index (χ3v) is 5.86. The third-order valence-electron chi connectivity index (χ3n) is 5.86. The van der Waals surface area contributed by atoms with Gasteiger partial charge < -0.3 is 20.3 Å². The fourth-order valence-electron chi connectivity index (χ4n) is 3.85. The molecular formula is C25H37NO5. The lowest BCUT2D eigenvalue weighted by atomic mass is 9.90. The minimum absolute atomic E-state index is 0.337. The Balaban J connectivity index is 1.76. The number of cyclic esters (lactones) is 1. The predicted molar refractivity (Wildman–Crippen MR) is 121 cm³/mol. The van der Waals surface area contributed by atoms with Gasteiger partial charge in [0, 0.05) is 12.0 Å². The van der Waals surface area contributed by atoms with E-state index in [2.05, 4.69) is 12.2 Å². The Morgan fingerprint density at radius 2 is 1.71 bits per heavy atom. The molecule has 31 heavy (non-hydrogen) atoms. The van der Waals surface area contributed by atoms with Crippen LogP contribution in [0.4, 0.5) is 0 Å². The van der Waals surface area contributed by atoms with Gasteiger partial charge in [-0.1, -0.05) is 82.2 Å². The Morgan fingerprint density at radius 3 is 2.35 bits per heavy atom. The van der Waals surface area contributed by atoms with E-state index in [1.165, 1.54) is 44.9 Å². The maximum Gasteiger partial charge on any atom is 0.337 e. The van der Waals surface area contributed by atoms with Crippen molar-refractivity contribution in [1.82, 2.24) is 5.32 Å². The molecule has 1 aliphatic heterocycles. The Morgan fingerprint density at radius 1 is 1.06 bits per heavy atom. The van der Waals surface area contributed by atoms with Gasteiger partial charge in [0.05, 0.1) is 6.61 Å². The first-order valence-electron chi connectivity index (χ1n) is 11.6. The molecule has 0 radical (unpaired) electrons. The van der Waals surface area contributed by atoms with Crippen molar-refractivity contribution in [2.24, 2.45) is 0 Å². The van der Waals surface area contributed by atoms with Gasteiger partial charge in [0.25, 0.3) is 5.91 Å².